The van der Waals surface area contributed by atoms with E-state index in [9.17, 15) is 4.79 Å². The molecule has 17 heavy (non-hydrogen) atoms. The van der Waals surface area contributed by atoms with Gasteiger partial charge in [-0.05, 0) is 26.0 Å². The lowest BCUT2D eigenvalue weighted by Crippen LogP contribution is -2.35. The minimum atomic E-state index is -0.00397. The van der Waals surface area contributed by atoms with Gasteiger partial charge in [-0.1, -0.05) is 0 Å². The summed E-state index contributed by atoms with van der Waals surface area (Å²) in [5, 5.41) is 2.97. The van der Waals surface area contributed by atoms with E-state index in [1.165, 1.54) is 11.3 Å². The molecule has 2 rings (SSSR count). The first-order chi connectivity index (χ1) is 8.15. The number of rotatable bonds is 4. The highest BCUT2D eigenvalue weighted by molar-refractivity contribution is 7.13. The second-order valence-electron chi connectivity index (χ2n) is 4.04. The summed E-state index contributed by atoms with van der Waals surface area (Å²) in [7, 11) is 0. The zero-order valence-corrected chi connectivity index (χ0v) is 10.7. The average molecular weight is 249 g/mol. The topological polar surface area (TPSA) is 46.9 Å². The Kier molecular flexibility index (Phi) is 3.58. The van der Waals surface area contributed by atoms with Gasteiger partial charge in [-0.25, -0.2) is 4.98 Å². The fourth-order valence-corrected chi connectivity index (χ4v) is 2.38. The molecule has 2 aromatic heterocycles. The Balaban J connectivity index is 1.90. The predicted molar refractivity (Wildman–Crippen MR) is 68.2 cm³/mol. The summed E-state index contributed by atoms with van der Waals surface area (Å²) in [5.41, 5.74) is 0. The summed E-state index contributed by atoms with van der Waals surface area (Å²) in [4.78, 5) is 17.8. The highest BCUT2D eigenvalue weighted by Gasteiger charge is 2.11. The van der Waals surface area contributed by atoms with Crippen LogP contribution in [0, 0.1) is 6.92 Å². The zero-order valence-electron chi connectivity index (χ0n) is 9.88. The lowest BCUT2D eigenvalue weighted by Gasteiger charge is -2.13. The van der Waals surface area contributed by atoms with Crippen molar-refractivity contribution < 1.29 is 4.79 Å². The van der Waals surface area contributed by atoms with E-state index in [-0.39, 0.29) is 11.9 Å². The molecular weight excluding hydrogens is 234 g/mol. The zero-order chi connectivity index (χ0) is 12.3. The molecule has 4 nitrogen and oxygen atoms in total. The fraction of sp³-hybridized carbons (Fsp3) is 0.333. The van der Waals surface area contributed by atoms with Crippen molar-refractivity contribution in [3.63, 3.8) is 0 Å². The number of amides is 1. The van der Waals surface area contributed by atoms with E-state index >= 15 is 0 Å². The lowest BCUT2D eigenvalue weighted by atomic mass is 10.3. The first-order valence-corrected chi connectivity index (χ1v) is 6.30. The molecule has 1 atom stereocenters. The highest BCUT2D eigenvalue weighted by Crippen LogP contribution is 2.14. The van der Waals surface area contributed by atoms with Crippen LogP contribution in [0.25, 0.3) is 0 Å². The van der Waals surface area contributed by atoms with Crippen LogP contribution in [-0.2, 0) is 6.54 Å². The molecule has 1 amide bonds. The van der Waals surface area contributed by atoms with Gasteiger partial charge in [0, 0.05) is 29.9 Å². The van der Waals surface area contributed by atoms with Crippen LogP contribution in [-0.4, -0.2) is 21.5 Å². The number of hydrogen-bond donors (Lipinski definition) is 1. The number of aryl methyl sites for hydroxylation is 1. The standard InChI is InChI=1S/C12H15N3OS/c1-9(7-15-6-5-13-8-15)14-12(16)11-4-3-10(2)17-11/h3-6,8-9H,7H2,1-2H3,(H,14,16)/t9-/m0/s1. The van der Waals surface area contributed by atoms with Crippen LogP contribution in [0.3, 0.4) is 0 Å². The largest absolute Gasteiger partial charge is 0.347 e. The van der Waals surface area contributed by atoms with Gasteiger partial charge >= 0.3 is 0 Å². The summed E-state index contributed by atoms with van der Waals surface area (Å²) >= 11 is 1.51. The third-order valence-electron chi connectivity index (χ3n) is 2.39. The second kappa shape index (κ2) is 5.14. The van der Waals surface area contributed by atoms with Crippen molar-refractivity contribution in [2.45, 2.75) is 26.4 Å². The van der Waals surface area contributed by atoms with E-state index in [2.05, 4.69) is 10.3 Å². The number of hydrogen-bond acceptors (Lipinski definition) is 3. The van der Waals surface area contributed by atoms with E-state index in [1.54, 1.807) is 12.5 Å². The minimum absolute atomic E-state index is 0.00397. The SMILES string of the molecule is Cc1ccc(C(=O)N[C@@H](C)Cn2ccnc2)s1. The maximum atomic E-state index is 11.9. The summed E-state index contributed by atoms with van der Waals surface area (Å²) in [5.74, 6) is -0.00397. The van der Waals surface area contributed by atoms with Crippen LogP contribution < -0.4 is 5.32 Å². The predicted octanol–water partition coefficient (Wildman–Crippen LogP) is 2.07. The molecule has 0 saturated heterocycles. The van der Waals surface area contributed by atoms with E-state index in [1.807, 2.05) is 36.7 Å². The third kappa shape index (κ3) is 3.17. The van der Waals surface area contributed by atoms with E-state index in [0.717, 1.165) is 16.3 Å². The number of aromatic nitrogens is 2. The lowest BCUT2D eigenvalue weighted by molar-refractivity contribution is 0.0941. The van der Waals surface area contributed by atoms with E-state index in [0.29, 0.717) is 0 Å². The van der Waals surface area contributed by atoms with Crippen molar-refractivity contribution >= 4 is 17.2 Å². The summed E-state index contributed by atoms with van der Waals surface area (Å²) in [6.45, 7) is 4.71. The van der Waals surface area contributed by atoms with Gasteiger partial charge < -0.3 is 9.88 Å². The second-order valence-corrected chi connectivity index (χ2v) is 5.33. The van der Waals surface area contributed by atoms with Crippen molar-refractivity contribution in [2.75, 3.05) is 0 Å². The van der Waals surface area contributed by atoms with Gasteiger partial charge in [0.25, 0.3) is 5.91 Å². The van der Waals surface area contributed by atoms with E-state index < -0.39 is 0 Å². The molecule has 90 valence electrons. The molecule has 0 aliphatic heterocycles. The Hall–Kier alpha value is -1.62. The number of nitrogens with zero attached hydrogens (tertiary/aromatic N) is 2. The Bertz CT molecular complexity index is 490. The number of nitrogens with one attached hydrogen (secondary N) is 1. The van der Waals surface area contributed by atoms with Crippen molar-refractivity contribution in [3.8, 4) is 0 Å². The molecule has 0 fully saturated rings. The first-order valence-electron chi connectivity index (χ1n) is 5.48. The van der Waals surface area contributed by atoms with Crippen LogP contribution in [0.15, 0.2) is 30.9 Å². The molecule has 0 aliphatic rings. The monoisotopic (exact) mass is 249 g/mol. The average Bonchev–Trinajstić information content (AvgIpc) is 2.89. The van der Waals surface area contributed by atoms with Crippen molar-refractivity contribution in [2.24, 2.45) is 0 Å². The number of carbonyl (C=O) groups excluding carboxylic acids is 1. The quantitative estimate of drug-likeness (QED) is 0.901. The van der Waals surface area contributed by atoms with Gasteiger partial charge in [-0.3, -0.25) is 4.79 Å². The molecule has 0 bridgehead atoms. The number of thiophene rings is 1. The van der Waals surface area contributed by atoms with Crippen LogP contribution in [0.2, 0.25) is 0 Å². The Morgan fingerprint density at radius 3 is 3.00 bits per heavy atom. The van der Waals surface area contributed by atoms with Gasteiger partial charge in [0.1, 0.15) is 0 Å². The molecule has 0 aromatic carbocycles. The molecule has 2 aromatic rings. The summed E-state index contributed by atoms with van der Waals surface area (Å²) < 4.78 is 1.95. The Morgan fingerprint density at radius 1 is 1.59 bits per heavy atom. The molecule has 2 heterocycles. The van der Waals surface area contributed by atoms with Crippen molar-refractivity contribution in [3.05, 3.63) is 40.6 Å². The molecule has 0 radical (unpaired) electrons. The van der Waals surface area contributed by atoms with Crippen LogP contribution in [0.4, 0.5) is 0 Å². The van der Waals surface area contributed by atoms with Gasteiger partial charge in [0.15, 0.2) is 0 Å². The molecule has 0 saturated carbocycles. The third-order valence-corrected chi connectivity index (χ3v) is 3.38. The van der Waals surface area contributed by atoms with Crippen LogP contribution in [0.1, 0.15) is 21.5 Å². The van der Waals surface area contributed by atoms with Gasteiger partial charge in [-0.15, -0.1) is 11.3 Å². The maximum absolute atomic E-state index is 11.9. The molecule has 0 aliphatic carbocycles. The normalized spacial score (nSPS) is 12.4. The Labute approximate surface area is 104 Å². The molecule has 1 N–H and O–H groups in total. The van der Waals surface area contributed by atoms with Crippen LogP contribution >= 0.6 is 11.3 Å². The Morgan fingerprint density at radius 2 is 2.41 bits per heavy atom. The number of imidazole rings is 1. The van der Waals surface area contributed by atoms with Crippen molar-refractivity contribution in [1.82, 2.24) is 14.9 Å². The summed E-state index contributed by atoms with van der Waals surface area (Å²) in [6.07, 6.45) is 5.37. The maximum Gasteiger partial charge on any atom is 0.261 e. The highest BCUT2D eigenvalue weighted by atomic mass is 32.1. The van der Waals surface area contributed by atoms with Crippen molar-refractivity contribution in [1.29, 1.82) is 0 Å². The smallest absolute Gasteiger partial charge is 0.261 e. The molecule has 5 heteroatoms. The number of carbonyl (C=O) groups is 1. The van der Waals surface area contributed by atoms with Gasteiger partial charge in [0.2, 0.25) is 0 Å². The van der Waals surface area contributed by atoms with Crippen LogP contribution in [0.5, 0.6) is 0 Å². The molecule has 0 unspecified atom stereocenters. The first kappa shape index (κ1) is 11.9. The molecular formula is C12H15N3OS. The van der Waals surface area contributed by atoms with Gasteiger partial charge in [-0.2, -0.15) is 0 Å². The molecule has 0 spiro atoms. The summed E-state index contributed by atoms with van der Waals surface area (Å²) in [6, 6.07) is 3.90. The minimum Gasteiger partial charge on any atom is -0.347 e. The van der Waals surface area contributed by atoms with E-state index in [4.69, 9.17) is 0 Å². The van der Waals surface area contributed by atoms with Gasteiger partial charge in [0.05, 0.1) is 11.2 Å². The fourth-order valence-electron chi connectivity index (χ4n) is 1.61.